The summed E-state index contributed by atoms with van der Waals surface area (Å²) < 4.78 is 51.9. The van der Waals surface area contributed by atoms with Crippen LogP contribution in [0.1, 0.15) is 22.6 Å². The number of halogens is 3. The van der Waals surface area contributed by atoms with Gasteiger partial charge in [0.15, 0.2) is 17.3 Å². The molecule has 12 heteroatoms. The molecule has 29 heavy (non-hydrogen) atoms. The van der Waals surface area contributed by atoms with Gasteiger partial charge >= 0.3 is 6.18 Å². The first-order valence-corrected chi connectivity index (χ1v) is 8.37. The van der Waals surface area contributed by atoms with E-state index in [2.05, 4.69) is 4.98 Å². The molecule has 9 nitrogen and oxygen atoms in total. The zero-order valence-electron chi connectivity index (χ0n) is 15.1. The van der Waals surface area contributed by atoms with Gasteiger partial charge in [-0.15, -0.1) is 0 Å². The molecule has 1 aromatic carbocycles. The SMILES string of the molecule is Cn1ccnc1C(O)(CC(=O)NNC(=O)c1ccc2c(c1)OCCO2)C(F)(F)F. The van der Waals surface area contributed by atoms with Crippen LogP contribution in [-0.4, -0.2) is 45.9 Å². The van der Waals surface area contributed by atoms with Crippen molar-refractivity contribution >= 4 is 11.8 Å². The van der Waals surface area contributed by atoms with Crippen molar-refractivity contribution in [2.45, 2.75) is 18.2 Å². The van der Waals surface area contributed by atoms with E-state index in [1.807, 2.05) is 10.9 Å². The Morgan fingerprint density at radius 3 is 2.52 bits per heavy atom. The van der Waals surface area contributed by atoms with Gasteiger partial charge in [0.2, 0.25) is 11.5 Å². The highest BCUT2D eigenvalue weighted by Crippen LogP contribution is 2.40. The molecule has 0 fully saturated rings. The average molecular weight is 414 g/mol. The molecule has 0 radical (unpaired) electrons. The molecule has 0 bridgehead atoms. The summed E-state index contributed by atoms with van der Waals surface area (Å²) in [5.41, 5.74) is 0.419. The summed E-state index contributed by atoms with van der Waals surface area (Å²) in [5.74, 6) is -2.03. The van der Waals surface area contributed by atoms with E-state index in [0.717, 1.165) is 10.8 Å². The van der Waals surface area contributed by atoms with E-state index in [9.17, 15) is 27.9 Å². The number of aromatic nitrogens is 2. The Bertz CT molecular complexity index is 930. The first-order chi connectivity index (χ1) is 13.6. The van der Waals surface area contributed by atoms with Gasteiger partial charge in [-0.25, -0.2) is 4.98 Å². The van der Waals surface area contributed by atoms with E-state index in [0.29, 0.717) is 24.7 Å². The molecule has 2 amide bonds. The molecule has 0 saturated carbocycles. The number of aliphatic hydroxyl groups is 1. The number of nitrogens with zero attached hydrogens (tertiary/aromatic N) is 2. The van der Waals surface area contributed by atoms with Crippen molar-refractivity contribution in [2.75, 3.05) is 13.2 Å². The molecule has 2 aromatic rings. The number of hydrazine groups is 1. The lowest BCUT2D eigenvalue weighted by atomic mass is 9.97. The molecular formula is C17H17F3N4O5. The van der Waals surface area contributed by atoms with Crippen LogP contribution in [0.2, 0.25) is 0 Å². The van der Waals surface area contributed by atoms with Gasteiger partial charge in [-0.2, -0.15) is 13.2 Å². The maximum atomic E-state index is 13.4. The number of fused-ring (bicyclic) bond motifs is 1. The quantitative estimate of drug-likeness (QED) is 0.638. The normalized spacial score (nSPS) is 15.3. The molecular weight excluding hydrogens is 397 g/mol. The first-order valence-electron chi connectivity index (χ1n) is 8.37. The summed E-state index contributed by atoms with van der Waals surface area (Å²) >= 11 is 0. The van der Waals surface area contributed by atoms with E-state index >= 15 is 0 Å². The van der Waals surface area contributed by atoms with Crippen LogP contribution >= 0.6 is 0 Å². The molecule has 0 saturated heterocycles. The lowest BCUT2D eigenvalue weighted by Crippen LogP contribution is -2.50. The fourth-order valence-corrected chi connectivity index (χ4v) is 2.73. The van der Waals surface area contributed by atoms with Crippen molar-refractivity contribution in [3.63, 3.8) is 0 Å². The van der Waals surface area contributed by atoms with Crippen molar-refractivity contribution in [3.8, 4) is 11.5 Å². The maximum Gasteiger partial charge on any atom is 0.425 e. The predicted molar refractivity (Wildman–Crippen MR) is 90.8 cm³/mol. The second-order valence-corrected chi connectivity index (χ2v) is 6.26. The highest BCUT2D eigenvalue weighted by atomic mass is 19.4. The van der Waals surface area contributed by atoms with Crippen LogP contribution in [0.5, 0.6) is 11.5 Å². The van der Waals surface area contributed by atoms with Crippen molar-refractivity contribution < 1.29 is 37.3 Å². The van der Waals surface area contributed by atoms with Crippen LogP contribution in [0.15, 0.2) is 30.6 Å². The minimum atomic E-state index is -5.18. The number of hydrogen-bond acceptors (Lipinski definition) is 6. The molecule has 156 valence electrons. The van der Waals surface area contributed by atoms with E-state index < -0.39 is 35.8 Å². The maximum absolute atomic E-state index is 13.4. The van der Waals surface area contributed by atoms with Gasteiger partial charge in [0.1, 0.15) is 13.2 Å². The number of amides is 2. The van der Waals surface area contributed by atoms with Crippen LogP contribution in [0, 0.1) is 0 Å². The third-order valence-electron chi connectivity index (χ3n) is 4.20. The third-order valence-corrected chi connectivity index (χ3v) is 4.20. The van der Waals surface area contributed by atoms with Gasteiger partial charge in [-0.05, 0) is 18.2 Å². The van der Waals surface area contributed by atoms with Gasteiger partial charge in [-0.3, -0.25) is 20.4 Å². The second-order valence-electron chi connectivity index (χ2n) is 6.26. The lowest BCUT2D eigenvalue weighted by Gasteiger charge is -2.29. The summed E-state index contributed by atoms with van der Waals surface area (Å²) in [6, 6.07) is 4.26. The predicted octanol–water partition coefficient (Wildman–Crippen LogP) is 0.792. The number of aryl methyl sites for hydroxylation is 1. The molecule has 2 heterocycles. The standard InChI is InChI=1S/C17H17F3N4O5/c1-24-5-4-21-15(24)16(27,17(18,19)20)9-13(25)22-23-14(26)10-2-3-11-12(8-10)29-7-6-28-11/h2-5,8,27H,6-7,9H2,1H3,(H,22,25)(H,23,26). The number of alkyl halides is 3. The topological polar surface area (TPSA) is 115 Å². The number of imidazole rings is 1. The van der Waals surface area contributed by atoms with Crippen molar-refractivity contribution in [1.82, 2.24) is 20.4 Å². The van der Waals surface area contributed by atoms with Crippen LogP contribution in [0.25, 0.3) is 0 Å². The van der Waals surface area contributed by atoms with E-state index in [4.69, 9.17) is 9.47 Å². The summed E-state index contributed by atoms with van der Waals surface area (Å²) in [6.45, 7) is 0.671. The molecule has 1 unspecified atom stereocenters. The number of rotatable bonds is 4. The van der Waals surface area contributed by atoms with Gasteiger partial charge in [-0.1, -0.05) is 0 Å². The second kappa shape index (κ2) is 7.62. The average Bonchev–Trinajstić information content (AvgIpc) is 3.11. The minimum Gasteiger partial charge on any atom is -0.486 e. The Kier molecular flexibility index (Phi) is 5.38. The van der Waals surface area contributed by atoms with Gasteiger partial charge in [0.25, 0.3) is 5.91 Å². The molecule has 1 aliphatic rings. The number of carbonyl (C=O) groups is 2. The van der Waals surface area contributed by atoms with Gasteiger partial charge < -0.3 is 19.1 Å². The Labute approximate surface area is 162 Å². The van der Waals surface area contributed by atoms with E-state index in [1.54, 1.807) is 0 Å². The fraction of sp³-hybridized carbons (Fsp3) is 0.353. The highest BCUT2D eigenvalue weighted by Gasteiger charge is 2.58. The number of benzene rings is 1. The first kappa shape index (κ1) is 20.5. The van der Waals surface area contributed by atoms with Crippen LogP contribution in [0.3, 0.4) is 0 Å². The third kappa shape index (κ3) is 4.11. The van der Waals surface area contributed by atoms with Crippen molar-refractivity contribution in [1.29, 1.82) is 0 Å². The van der Waals surface area contributed by atoms with Crippen LogP contribution < -0.4 is 20.3 Å². The smallest absolute Gasteiger partial charge is 0.425 e. The molecule has 1 aliphatic heterocycles. The largest absolute Gasteiger partial charge is 0.486 e. The van der Waals surface area contributed by atoms with Gasteiger partial charge in [0, 0.05) is 25.0 Å². The minimum absolute atomic E-state index is 0.0877. The Hall–Kier alpha value is -3.28. The number of hydrogen-bond donors (Lipinski definition) is 3. The highest BCUT2D eigenvalue weighted by molar-refractivity contribution is 5.96. The summed E-state index contributed by atoms with van der Waals surface area (Å²) in [7, 11) is 1.25. The molecule has 1 atom stereocenters. The molecule has 0 spiro atoms. The zero-order chi connectivity index (χ0) is 21.2. The van der Waals surface area contributed by atoms with Crippen molar-refractivity contribution in [3.05, 3.63) is 42.0 Å². The number of nitrogens with one attached hydrogen (secondary N) is 2. The van der Waals surface area contributed by atoms with Crippen LogP contribution in [-0.2, 0) is 17.4 Å². The monoisotopic (exact) mass is 414 g/mol. The Morgan fingerprint density at radius 2 is 1.90 bits per heavy atom. The molecule has 3 N–H and O–H groups in total. The van der Waals surface area contributed by atoms with E-state index in [-0.39, 0.29) is 5.56 Å². The van der Waals surface area contributed by atoms with Gasteiger partial charge in [0.05, 0.1) is 6.42 Å². The zero-order valence-corrected chi connectivity index (χ0v) is 15.1. The van der Waals surface area contributed by atoms with E-state index in [1.165, 1.54) is 31.4 Å². The Morgan fingerprint density at radius 1 is 1.21 bits per heavy atom. The Balaban J connectivity index is 1.67. The summed E-state index contributed by atoms with van der Waals surface area (Å²) in [4.78, 5) is 27.7. The van der Waals surface area contributed by atoms with Crippen molar-refractivity contribution in [2.24, 2.45) is 7.05 Å². The summed E-state index contributed by atoms with van der Waals surface area (Å²) in [6.07, 6.45) is -4.31. The number of ether oxygens (including phenoxy) is 2. The molecule has 0 aliphatic carbocycles. The fourth-order valence-electron chi connectivity index (χ4n) is 2.73. The molecule has 3 rings (SSSR count). The summed E-state index contributed by atoms with van der Waals surface area (Å²) in [5, 5.41) is 10.2. The number of carbonyl (C=O) groups excluding carboxylic acids is 2. The lowest BCUT2D eigenvalue weighted by molar-refractivity contribution is -0.271. The molecule has 1 aromatic heterocycles. The van der Waals surface area contributed by atoms with Crippen LogP contribution in [0.4, 0.5) is 13.2 Å².